The van der Waals surface area contributed by atoms with Crippen molar-refractivity contribution in [3.63, 3.8) is 0 Å². The fraction of sp³-hybridized carbons (Fsp3) is 0.905. The van der Waals surface area contributed by atoms with Crippen molar-refractivity contribution < 1.29 is 9.50 Å². The lowest BCUT2D eigenvalue weighted by Crippen LogP contribution is -2.56. The quantitative estimate of drug-likeness (QED) is 0.602. The molecule has 0 aliphatic heterocycles. The van der Waals surface area contributed by atoms with Gasteiger partial charge in [-0.25, -0.2) is 4.39 Å². The average Bonchev–Trinajstić information content (AvgIpc) is 2.52. The molecule has 0 aromatic carbocycles. The number of allylic oxidation sites excluding steroid dienone is 1. The monoisotopic (exact) mass is 320 g/mol. The Morgan fingerprint density at radius 2 is 1.83 bits per heavy atom. The molecule has 3 saturated carbocycles. The Morgan fingerprint density at radius 3 is 2.61 bits per heavy atom. The molecule has 130 valence electrons. The Labute approximate surface area is 140 Å². The fourth-order valence-electron chi connectivity index (χ4n) is 7.18. The van der Waals surface area contributed by atoms with Crippen LogP contribution in [-0.2, 0) is 0 Å². The molecule has 3 fully saturated rings. The molecule has 0 saturated heterocycles. The summed E-state index contributed by atoms with van der Waals surface area (Å²) >= 11 is 0. The maximum absolute atomic E-state index is 15.1. The van der Waals surface area contributed by atoms with Crippen LogP contribution in [0.25, 0.3) is 0 Å². The van der Waals surface area contributed by atoms with E-state index in [2.05, 4.69) is 26.8 Å². The van der Waals surface area contributed by atoms with E-state index in [4.69, 9.17) is 0 Å². The van der Waals surface area contributed by atoms with Crippen LogP contribution in [0.1, 0.15) is 72.1 Å². The summed E-state index contributed by atoms with van der Waals surface area (Å²) in [6, 6.07) is 0. The summed E-state index contributed by atoms with van der Waals surface area (Å²) in [6.07, 6.45) is 10.3. The summed E-state index contributed by atoms with van der Waals surface area (Å²) in [5, 5.41) is 10.0. The van der Waals surface area contributed by atoms with Crippen molar-refractivity contribution in [2.24, 2.45) is 34.5 Å². The minimum absolute atomic E-state index is 0.0788. The minimum atomic E-state index is -0.611. The van der Waals surface area contributed by atoms with E-state index in [1.165, 1.54) is 24.8 Å². The average molecular weight is 320 g/mol. The van der Waals surface area contributed by atoms with Crippen molar-refractivity contribution in [1.82, 2.24) is 0 Å². The lowest BCUT2D eigenvalue weighted by Gasteiger charge is -2.61. The Hall–Kier alpha value is -0.370. The second-order valence-corrected chi connectivity index (χ2v) is 9.63. The van der Waals surface area contributed by atoms with Crippen LogP contribution in [0.4, 0.5) is 4.39 Å². The highest BCUT2D eigenvalue weighted by atomic mass is 19.1. The lowest BCUT2D eigenvalue weighted by atomic mass is 9.44. The van der Waals surface area contributed by atoms with E-state index in [0.717, 1.165) is 32.1 Å². The molecule has 1 nitrogen and oxygen atoms in total. The van der Waals surface area contributed by atoms with Crippen LogP contribution in [0.15, 0.2) is 11.6 Å². The molecule has 8 atom stereocenters. The molecule has 5 unspecified atom stereocenters. The molecule has 0 radical (unpaired) electrons. The zero-order valence-electron chi connectivity index (χ0n) is 15.0. The first kappa shape index (κ1) is 16.1. The molecule has 23 heavy (non-hydrogen) atoms. The molecular formula is C21H33FO. The van der Waals surface area contributed by atoms with E-state index < -0.39 is 6.17 Å². The minimum Gasteiger partial charge on any atom is -0.389 e. The summed E-state index contributed by atoms with van der Waals surface area (Å²) < 4.78 is 15.1. The Bertz CT molecular complexity index is 514. The second kappa shape index (κ2) is 5.31. The van der Waals surface area contributed by atoms with E-state index in [1.807, 2.05) is 0 Å². The highest BCUT2D eigenvalue weighted by Crippen LogP contribution is 2.65. The molecule has 0 amide bonds. The number of aliphatic hydroxyl groups excluding tert-OH is 1. The standard InChI is InChI=1S/C21H33FO/c1-13-4-7-17-16-6-5-14-12-15(23)8-10-20(14,2)18(16)9-11-21(17,3)19(13)22/h12-13,15-19,23H,4-11H2,1-3H3/t13?,15?,16?,17?,18?,19-,20-,21-/m0/s1. The van der Waals surface area contributed by atoms with Gasteiger partial charge in [0.25, 0.3) is 0 Å². The van der Waals surface area contributed by atoms with Gasteiger partial charge < -0.3 is 5.11 Å². The van der Waals surface area contributed by atoms with E-state index in [9.17, 15) is 5.11 Å². The van der Waals surface area contributed by atoms with Gasteiger partial charge in [-0.2, -0.15) is 0 Å². The van der Waals surface area contributed by atoms with E-state index in [1.54, 1.807) is 0 Å². The predicted molar refractivity (Wildman–Crippen MR) is 91.8 cm³/mol. The van der Waals surface area contributed by atoms with Gasteiger partial charge in [0, 0.05) is 5.41 Å². The van der Waals surface area contributed by atoms with Crippen LogP contribution < -0.4 is 0 Å². The number of hydrogen-bond acceptors (Lipinski definition) is 1. The first-order valence-electron chi connectivity index (χ1n) is 9.89. The molecule has 4 aliphatic rings. The van der Waals surface area contributed by atoms with Crippen molar-refractivity contribution in [1.29, 1.82) is 0 Å². The fourth-order valence-corrected chi connectivity index (χ4v) is 7.18. The summed E-state index contributed by atoms with van der Waals surface area (Å²) in [7, 11) is 0. The molecular weight excluding hydrogens is 287 g/mol. The highest BCUT2D eigenvalue weighted by molar-refractivity contribution is 5.25. The Balaban J connectivity index is 1.66. The SMILES string of the molecule is CC1CCC2C3CCC4=CC(O)CC[C@]4(C)C3CC[C@]2(C)[C@H]1F. The normalized spacial score (nSPS) is 56.1. The Morgan fingerprint density at radius 1 is 1.04 bits per heavy atom. The molecule has 4 rings (SSSR count). The topological polar surface area (TPSA) is 20.2 Å². The maximum atomic E-state index is 15.1. The lowest BCUT2D eigenvalue weighted by molar-refractivity contribution is -0.124. The predicted octanol–water partition coefficient (Wildman–Crippen LogP) is 5.28. The molecule has 1 N–H and O–H groups in total. The third-order valence-corrected chi connectivity index (χ3v) is 8.59. The van der Waals surface area contributed by atoms with Gasteiger partial charge in [-0.1, -0.05) is 32.4 Å². The molecule has 0 bridgehead atoms. The van der Waals surface area contributed by atoms with Crippen molar-refractivity contribution in [2.45, 2.75) is 84.4 Å². The van der Waals surface area contributed by atoms with E-state index >= 15 is 4.39 Å². The van der Waals surface area contributed by atoms with Crippen molar-refractivity contribution in [3.8, 4) is 0 Å². The van der Waals surface area contributed by atoms with Gasteiger partial charge in [0.15, 0.2) is 0 Å². The summed E-state index contributed by atoms with van der Waals surface area (Å²) in [5.74, 6) is 2.25. The zero-order chi connectivity index (χ0) is 16.4. The van der Waals surface area contributed by atoms with Crippen LogP contribution in [0.2, 0.25) is 0 Å². The highest BCUT2D eigenvalue weighted by Gasteiger charge is 2.58. The number of aliphatic hydroxyl groups is 1. The van der Waals surface area contributed by atoms with Crippen LogP contribution in [0.3, 0.4) is 0 Å². The van der Waals surface area contributed by atoms with E-state index in [-0.39, 0.29) is 22.9 Å². The van der Waals surface area contributed by atoms with Crippen LogP contribution in [0.5, 0.6) is 0 Å². The number of alkyl halides is 1. The zero-order valence-corrected chi connectivity index (χ0v) is 15.0. The largest absolute Gasteiger partial charge is 0.389 e. The summed E-state index contributed by atoms with van der Waals surface area (Å²) in [5.41, 5.74) is 1.71. The van der Waals surface area contributed by atoms with Gasteiger partial charge in [-0.15, -0.1) is 0 Å². The van der Waals surface area contributed by atoms with Gasteiger partial charge in [-0.3, -0.25) is 0 Å². The number of hydrogen-bond donors (Lipinski definition) is 1. The third kappa shape index (κ3) is 2.19. The van der Waals surface area contributed by atoms with Crippen LogP contribution in [0, 0.1) is 34.5 Å². The number of rotatable bonds is 0. The first-order valence-corrected chi connectivity index (χ1v) is 9.89. The maximum Gasteiger partial charge on any atom is 0.108 e. The van der Waals surface area contributed by atoms with Crippen molar-refractivity contribution in [3.05, 3.63) is 11.6 Å². The Kier molecular flexibility index (Phi) is 3.72. The molecule has 4 aliphatic carbocycles. The summed E-state index contributed by atoms with van der Waals surface area (Å²) in [4.78, 5) is 0. The first-order chi connectivity index (χ1) is 10.9. The van der Waals surface area contributed by atoms with E-state index in [0.29, 0.717) is 17.8 Å². The van der Waals surface area contributed by atoms with Gasteiger partial charge in [-0.05, 0) is 80.5 Å². The molecule has 0 aromatic heterocycles. The molecule has 0 aromatic rings. The van der Waals surface area contributed by atoms with Crippen molar-refractivity contribution >= 4 is 0 Å². The van der Waals surface area contributed by atoms with Gasteiger partial charge in [0.05, 0.1) is 6.10 Å². The molecule has 0 heterocycles. The van der Waals surface area contributed by atoms with Gasteiger partial charge in [0.2, 0.25) is 0 Å². The van der Waals surface area contributed by atoms with Crippen LogP contribution >= 0.6 is 0 Å². The van der Waals surface area contributed by atoms with Gasteiger partial charge in [0.1, 0.15) is 6.17 Å². The third-order valence-electron chi connectivity index (χ3n) is 8.59. The summed E-state index contributed by atoms with van der Waals surface area (Å²) in [6.45, 7) is 6.82. The number of fused-ring (bicyclic) bond motifs is 5. The molecule has 2 heteroatoms. The smallest absolute Gasteiger partial charge is 0.108 e. The number of halogens is 1. The van der Waals surface area contributed by atoms with Crippen molar-refractivity contribution in [2.75, 3.05) is 0 Å². The molecule has 0 spiro atoms. The second-order valence-electron chi connectivity index (χ2n) is 9.63. The van der Waals surface area contributed by atoms with Gasteiger partial charge >= 0.3 is 0 Å². The van der Waals surface area contributed by atoms with Crippen LogP contribution in [-0.4, -0.2) is 17.4 Å².